The van der Waals surface area contributed by atoms with Crippen molar-refractivity contribution in [3.05, 3.63) is 200 Å². The van der Waals surface area contributed by atoms with Crippen molar-refractivity contribution >= 4 is 89.4 Å². The van der Waals surface area contributed by atoms with Crippen molar-refractivity contribution in [2.45, 2.75) is 309 Å². The number of nitrogens with zero attached hydrogens (tertiary/aromatic N) is 18. The molecule has 24 rings (SSSR count). The Balaban J connectivity index is 0.000000116. The van der Waals surface area contributed by atoms with Crippen molar-refractivity contribution in [1.29, 1.82) is 0 Å². The monoisotopic (exact) mass is 2060 g/mol. The molecule has 0 atom stereocenters. The fourth-order valence-electron chi connectivity index (χ4n) is 23.9. The minimum Gasteiger partial charge on any atom is -0.381 e. The van der Waals surface area contributed by atoms with Gasteiger partial charge in [0.05, 0.1) is 103 Å². The highest BCUT2D eigenvalue weighted by molar-refractivity contribution is 7.15. The second kappa shape index (κ2) is 41.3. The Labute approximate surface area is 863 Å². The number of carbonyl (C=O) groups is 4. The average Bonchev–Trinajstić information content (AvgIpc) is 1.59. The minimum absolute atomic E-state index is 0.00378. The largest absolute Gasteiger partial charge is 0.381 e. The summed E-state index contributed by atoms with van der Waals surface area (Å²) in [5.41, 5.74) is 19.4. The van der Waals surface area contributed by atoms with Crippen molar-refractivity contribution in [3.8, 4) is 66.2 Å². The maximum Gasteiger partial charge on any atom is 0.249 e. The molecule has 0 radical (unpaired) electrons. The van der Waals surface area contributed by atoms with E-state index in [1.807, 2.05) is 105 Å². The molecule has 16 heterocycles. The maximum atomic E-state index is 14.0. The first kappa shape index (κ1) is 102. The smallest absolute Gasteiger partial charge is 0.249 e. The van der Waals surface area contributed by atoms with E-state index in [2.05, 4.69) is 122 Å². The van der Waals surface area contributed by atoms with Crippen molar-refractivity contribution < 1.29 is 63.8 Å². The minimum atomic E-state index is -2.62. The molecule has 148 heavy (non-hydrogen) atoms. The van der Waals surface area contributed by atoms with Crippen LogP contribution in [0.3, 0.4) is 0 Å². The van der Waals surface area contributed by atoms with E-state index in [9.17, 15) is 54.3 Å². The molecule has 776 valence electrons. The van der Waals surface area contributed by atoms with Crippen molar-refractivity contribution in [2.24, 2.45) is 0 Å². The molecule has 4 aliphatic carbocycles. The van der Waals surface area contributed by atoms with Crippen LogP contribution in [0.2, 0.25) is 0 Å². The highest BCUT2D eigenvalue weighted by Gasteiger charge is 2.51. The number of ether oxygens (including phenoxy) is 2. The Hall–Kier alpha value is -12.1. The summed E-state index contributed by atoms with van der Waals surface area (Å²) in [6.07, 6.45) is 17.8. The molecular weight excluding hydrogens is 1930 g/mol. The molecule has 4 amide bonds. The molecule has 14 aromatic rings. The summed E-state index contributed by atoms with van der Waals surface area (Å²) in [5, 5.41) is 10.3. The number of aromatic nitrogens is 14. The first-order valence-corrected chi connectivity index (χ1v) is 54.4. The number of amides is 4. The van der Waals surface area contributed by atoms with Gasteiger partial charge in [-0.25, -0.2) is 65.0 Å². The average molecular weight is 2060 g/mol. The fraction of sp³-hybridized carbons (Fsp3) is 0.491. The van der Waals surface area contributed by atoms with Crippen LogP contribution in [0.25, 0.3) is 109 Å². The highest BCUT2D eigenvalue weighted by atomic mass is 32.1. The van der Waals surface area contributed by atoms with Crippen LogP contribution >= 0.6 is 22.7 Å². The summed E-state index contributed by atoms with van der Waals surface area (Å²) in [7, 11) is 0. The zero-order chi connectivity index (χ0) is 103. The third-order valence-electron chi connectivity index (χ3n) is 32.3. The van der Waals surface area contributed by atoms with E-state index in [-0.39, 0.29) is 98.7 Å². The van der Waals surface area contributed by atoms with Gasteiger partial charge in [0.1, 0.15) is 23.3 Å². The van der Waals surface area contributed by atoms with Gasteiger partial charge in [-0.3, -0.25) is 39.1 Å². The molecule has 6 fully saturated rings. The van der Waals surface area contributed by atoms with E-state index in [1.54, 1.807) is 22.7 Å². The van der Waals surface area contributed by atoms with Crippen molar-refractivity contribution in [2.75, 3.05) is 52.6 Å². The lowest BCUT2D eigenvalue weighted by atomic mass is 9.80. The third kappa shape index (κ3) is 20.2. The number of rotatable bonds is 16. The number of hydrogen-bond donors (Lipinski definition) is 0. The summed E-state index contributed by atoms with van der Waals surface area (Å²) < 4.78 is 131. The zero-order valence-electron chi connectivity index (χ0n) is 85.7. The Kier molecular flexibility index (Phi) is 28.4. The summed E-state index contributed by atoms with van der Waals surface area (Å²) in [6, 6.07) is 25.4. The molecule has 24 nitrogen and oxygen atoms in total. The van der Waals surface area contributed by atoms with Gasteiger partial charge in [-0.1, -0.05) is 76.2 Å². The Bertz CT molecular complexity index is 7440. The van der Waals surface area contributed by atoms with E-state index in [1.165, 1.54) is 0 Å². The number of pyridine rings is 4. The number of benzene rings is 4. The van der Waals surface area contributed by atoms with Crippen molar-refractivity contribution in [3.63, 3.8) is 0 Å². The van der Waals surface area contributed by atoms with Crippen LogP contribution in [0.5, 0.6) is 0 Å². The number of imidazole rings is 4. The lowest BCUT2D eigenvalue weighted by molar-refractivity contribution is -0.133. The molecule has 10 aromatic heterocycles. The van der Waals surface area contributed by atoms with E-state index >= 15 is 0 Å². The number of halogens is 8. The van der Waals surface area contributed by atoms with Gasteiger partial charge in [0.25, 0.3) is 0 Å². The molecule has 6 aliphatic heterocycles. The summed E-state index contributed by atoms with van der Waals surface area (Å²) in [4.78, 5) is 108. The van der Waals surface area contributed by atoms with E-state index < -0.39 is 23.7 Å². The number of hydrogen-bond acceptors (Lipinski definition) is 18. The molecule has 0 spiro atoms. The van der Waals surface area contributed by atoms with Crippen LogP contribution < -0.4 is 0 Å². The number of carbonyl (C=O) groups excluding carboxylic acids is 4. The molecule has 4 aromatic carbocycles. The normalized spacial score (nSPS) is 19.0. The maximum absolute atomic E-state index is 14.0. The second-order valence-electron chi connectivity index (χ2n) is 42.1. The third-order valence-corrected chi connectivity index (χ3v) is 34.2. The quantitative estimate of drug-likeness (QED) is 0.0816. The Morgan fingerprint density at radius 2 is 0.595 bits per heavy atom. The molecule has 2 saturated heterocycles. The SMILES string of the molecule is CCC(=O)N1CCn2c(C3CC(F)(F)C3)nc(-c3c(C)ccc4cc(-c5cnc(C)s5)ncc34)c2C1.CCC(=O)N1CCn2c(C3CC(F)(F)C3)nc(-c3c(C)ccc4cc(C5CCOCC5)ncc34)c2C1.CCC(=O)N1CCn2c(C3CCC(F)(F)CC3)nc(-c3c(C)ccc4cc(-c5cnc(C)s5)ncc34)c2C1.CCC(=O)N1CCn2c(C3CCC(F)(F)CC3)nc(-c3c(C)ccc4cc(C5CCOCC5)ncc34)c2C1. The standard InChI is InChI=1S/C30H36F2N4O2.C29H31F2N5OS.C28H32F2N4O2.C27H27F2N5OS/c1-3-26(37)35-12-13-36-25(18-35)28(34-29(36)21-6-10-30(31,32)11-7-21)27-19(2)4-5-22-16-24(33-17-23(22)27)20-8-14-38-15-9-20;1-4-25(37)35-11-12-36-23(16-35)27(34-28(36)19-7-9-29(30,31)10-8-19)26-17(2)5-6-20-13-22(33-14-21(20)26)24-15-32-18(3)38-24;1-3-24(35)33-8-9-34-23(16-33)26(32-27(34)20-13-28(29,30)14-20)25-17(2)4-5-19-12-22(31-15-21(19)25)18-6-10-36-11-7-18;1-4-23(35)33-7-8-34-21(14-33)25(32-26(34)18-10-27(28,29)11-18)24-15(2)5-6-17-9-20(31-12-19(17)24)22-13-30-16(3)36-22/h4-5,16-17,20-21H,3,6-15,18H2,1-2H3;5-6,13-15,19H,4,7-12,16H2,1-3H3;4-5,12,15,18,20H,3,6-11,13-14,16H2,1-2H3;5-6,9,12-13,18H,4,7-8,10-11,14H2,1-3H3. The van der Waals surface area contributed by atoms with Crippen LogP contribution in [0, 0.1) is 41.5 Å². The van der Waals surface area contributed by atoms with Crippen molar-refractivity contribution in [1.82, 2.24) is 87.7 Å². The van der Waals surface area contributed by atoms with E-state index in [4.69, 9.17) is 49.3 Å². The molecular formula is C114H126F8N18O6S2. The molecule has 4 saturated carbocycles. The molecule has 0 unspecified atom stereocenters. The van der Waals surface area contributed by atoms with Gasteiger partial charge in [0.15, 0.2) is 0 Å². The molecule has 10 aliphatic rings. The van der Waals surface area contributed by atoms with E-state index in [0.29, 0.717) is 142 Å². The first-order valence-electron chi connectivity index (χ1n) is 52.8. The molecule has 0 N–H and O–H groups in total. The number of aryl methyl sites for hydroxylation is 6. The predicted molar refractivity (Wildman–Crippen MR) is 557 cm³/mol. The molecule has 34 heteroatoms. The predicted octanol–water partition coefficient (Wildman–Crippen LogP) is 24.9. The van der Waals surface area contributed by atoms with Gasteiger partial charge >= 0.3 is 0 Å². The van der Waals surface area contributed by atoms with Crippen LogP contribution in [-0.4, -0.2) is 188 Å². The topological polar surface area (TPSA) is 248 Å². The fourth-order valence-corrected chi connectivity index (χ4v) is 25.4. The number of fused-ring (bicyclic) bond motifs is 8. The summed E-state index contributed by atoms with van der Waals surface area (Å²) >= 11 is 3.22. The van der Waals surface area contributed by atoms with Gasteiger partial charge in [0, 0.05) is 284 Å². The van der Waals surface area contributed by atoms with Crippen LogP contribution in [-0.2, 0) is 81.0 Å². The van der Waals surface area contributed by atoms with Gasteiger partial charge in [-0.15, -0.1) is 22.7 Å². The van der Waals surface area contributed by atoms with Crippen LogP contribution in [0.4, 0.5) is 35.1 Å². The first-order chi connectivity index (χ1) is 71.2. The zero-order valence-corrected chi connectivity index (χ0v) is 87.3. The van der Waals surface area contributed by atoms with Gasteiger partial charge in [0.2, 0.25) is 47.3 Å². The summed E-state index contributed by atoms with van der Waals surface area (Å²) in [6.45, 7) is 29.4. The van der Waals surface area contributed by atoms with Gasteiger partial charge in [-0.05, 0) is 161 Å². The Morgan fingerprint density at radius 3 is 0.858 bits per heavy atom. The Morgan fingerprint density at radius 1 is 0.324 bits per heavy atom. The van der Waals surface area contributed by atoms with E-state index in [0.717, 1.165) is 251 Å². The summed E-state index contributed by atoms with van der Waals surface area (Å²) in [5.74, 6) is -6.47. The lowest BCUT2D eigenvalue weighted by Crippen LogP contribution is -2.40. The van der Waals surface area contributed by atoms with Crippen LogP contribution in [0.1, 0.15) is 281 Å². The molecule has 0 bridgehead atoms. The highest BCUT2D eigenvalue weighted by Crippen LogP contribution is 2.54. The second-order valence-corrected chi connectivity index (χ2v) is 44.5. The van der Waals surface area contributed by atoms with Gasteiger partial charge < -0.3 is 47.3 Å². The number of thiazole rings is 2. The van der Waals surface area contributed by atoms with Gasteiger partial charge in [-0.2, -0.15) is 0 Å². The van der Waals surface area contributed by atoms with Crippen LogP contribution in [0.15, 0.2) is 110 Å². The lowest BCUT2D eigenvalue weighted by Gasteiger charge is -2.36. The number of alkyl halides is 8.